The van der Waals surface area contributed by atoms with Crippen molar-refractivity contribution in [1.29, 1.82) is 0 Å². The fourth-order valence-electron chi connectivity index (χ4n) is 16.5. The zero-order chi connectivity index (χ0) is 61.7. The van der Waals surface area contributed by atoms with Gasteiger partial charge < -0.3 is 0 Å². The lowest BCUT2D eigenvalue weighted by molar-refractivity contribution is 0.568. The van der Waals surface area contributed by atoms with E-state index in [1.54, 1.807) is 0 Å². The van der Waals surface area contributed by atoms with Gasteiger partial charge in [0.2, 0.25) is 0 Å². The molecule has 0 bridgehead atoms. The minimum atomic E-state index is -0.0865. The zero-order valence-corrected chi connectivity index (χ0v) is 54.1. The fourth-order valence-corrected chi connectivity index (χ4v) is 16.5. The van der Waals surface area contributed by atoms with Crippen LogP contribution in [0.4, 0.5) is 0 Å². The molecule has 0 spiro atoms. The van der Waals surface area contributed by atoms with Gasteiger partial charge in [0.05, 0.1) is 0 Å². The van der Waals surface area contributed by atoms with Crippen LogP contribution in [0.1, 0.15) is 128 Å². The van der Waals surface area contributed by atoms with Gasteiger partial charge in [0.25, 0.3) is 0 Å². The van der Waals surface area contributed by atoms with Gasteiger partial charge in [-0.25, -0.2) is 0 Å². The molecule has 0 saturated heterocycles. The van der Waals surface area contributed by atoms with Crippen molar-refractivity contribution in [2.75, 3.05) is 0 Å². The van der Waals surface area contributed by atoms with Crippen LogP contribution in [-0.4, -0.2) is 0 Å². The first-order valence-electron chi connectivity index (χ1n) is 32.8. The summed E-state index contributed by atoms with van der Waals surface area (Å²) in [5, 5.41) is 17.9. The molecule has 0 aliphatic heterocycles. The Balaban J connectivity index is 1.05. The largest absolute Gasteiger partial charge is 0.0616 e. The van der Waals surface area contributed by atoms with Crippen LogP contribution in [0.5, 0.6) is 0 Å². The maximum absolute atomic E-state index is 2.61. The lowest BCUT2D eigenvalue weighted by Crippen LogP contribution is -2.18. The summed E-state index contributed by atoms with van der Waals surface area (Å²) in [6.45, 7) is 28.7. The summed E-state index contributed by atoms with van der Waals surface area (Å²) in [5.74, 6) is 0.0857. The van der Waals surface area contributed by atoms with E-state index in [0.717, 1.165) is 0 Å². The van der Waals surface area contributed by atoms with Gasteiger partial charge in [-0.3, -0.25) is 0 Å². The highest BCUT2D eigenvalue weighted by Gasteiger charge is 2.51. The Bertz CT molecular complexity index is 5090. The Kier molecular flexibility index (Phi) is 11.6. The Morgan fingerprint density at radius 3 is 0.800 bits per heavy atom. The number of hydrogen-bond acceptors (Lipinski definition) is 0. The van der Waals surface area contributed by atoms with E-state index in [4.69, 9.17) is 0 Å². The summed E-state index contributed by atoms with van der Waals surface area (Å²) in [6.07, 6.45) is 10.4. The van der Waals surface area contributed by atoms with Crippen LogP contribution in [0.25, 0.3) is 142 Å². The molecule has 13 aromatic carbocycles. The normalized spacial score (nSPS) is 16.3. The molecule has 0 radical (unpaired) electrons. The van der Waals surface area contributed by atoms with Crippen molar-refractivity contribution in [3.63, 3.8) is 0 Å². The molecule has 4 aliphatic carbocycles. The highest BCUT2D eigenvalue weighted by Crippen LogP contribution is 2.69. The third-order valence-electron chi connectivity index (χ3n) is 21.1. The Morgan fingerprint density at radius 1 is 0.211 bits per heavy atom. The van der Waals surface area contributed by atoms with Gasteiger partial charge >= 0.3 is 0 Å². The minimum absolute atomic E-state index is 0.0418. The molecule has 0 fully saturated rings. The monoisotopic (exact) mass is 1160 g/mol. The molecule has 0 nitrogen and oxygen atoms in total. The first-order chi connectivity index (χ1) is 43.2. The van der Waals surface area contributed by atoms with E-state index in [1.165, 1.54) is 187 Å². The molecule has 4 aliphatic rings. The van der Waals surface area contributed by atoms with E-state index in [0.29, 0.717) is 0 Å². The van der Waals surface area contributed by atoms with Crippen LogP contribution >= 0.6 is 0 Å². The first kappa shape index (κ1) is 54.8. The molecule has 436 valence electrons. The van der Waals surface area contributed by atoms with E-state index >= 15 is 0 Å². The van der Waals surface area contributed by atoms with Gasteiger partial charge in [0.15, 0.2) is 0 Å². The predicted octanol–water partition coefficient (Wildman–Crippen LogP) is 25.1. The Hall–Kier alpha value is -9.36. The molecule has 0 heteroatoms. The van der Waals surface area contributed by atoms with Crippen LogP contribution in [0.15, 0.2) is 231 Å². The summed E-state index contributed by atoms with van der Waals surface area (Å²) in [6, 6.07) is 80.4. The van der Waals surface area contributed by atoms with Crippen molar-refractivity contribution in [3.8, 4) is 44.5 Å². The van der Waals surface area contributed by atoms with Crippen molar-refractivity contribution in [1.82, 2.24) is 0 Å². The number of hydrogen-bond donors (Lipinski definition) is 0. The predicted molar refractivity (Wildman–Crippen MR) is 391 cm³/mol. The van der Waals surface area contributed by atoms with Crippen molar-refractivity contribution < 1.29 is 0 Å². The van der Waals surface area contributed by atoms with Gasteiger partial charge in [-0.15, -0.1) is 0 Å². The Labute approximate surface area is 530 Å². The molecule has 0 N–H and O–H groups in total. The first-order valence-corrected chi connectivity index (χ1v) is 32.8. The van der Waals surface area contributed by atoms with Crippen LogP contribution in [-0.2, 0) is 21.7 Å². The van der Waals surface area contributed by atoms with Gasteiger partial charge in [-0.1, -0.05) is 289 Å². The second-order valence-corrected chi connectivity index (χ2v) is 30.7. The second kappa shape index (κ2) is 19.1. The molecule has 17 rings (SSSR count). The van der Waals surface area contributed by atoms with Gasteiger partial charge in [0, 0.05) is 11.8 Å². The van der Waals surface area contributed by atoms with Crippen LogP contribution in [0, 0.1) is 11.8 Å². The average Bonchev–Trinajstić information content (AvgIpc) is 1.49. The van der Waals surface area contributed by atoms with E-state index in [9.17, 15) is 0 Å². The van der Waals surface area contributed by atoms with E-state index < -0.39 is 0 Å². The summed E-state index contributed by atoms with van der Waals surface area (Å²) < 4.78 is 0. The molecule has 90 heavy (non-hydrogen) atoms. The smallest absolute Gasteiger partial charge is 0.0212 e. The van der Waals surface area contributed by atoms with Crippen LogP contribution in [0.2, 0.25) is 0 Å². The van der Waals surface area contributed by atoms with Crippen molar-refractivity contribution >= 4 is 97.7 Å². The highest BCUT2D eigenvalue weighted by molar-refractivity contribution is 6.28. The molecule has 0 amide bonds. The van der Waals surface area contributed by atoms with Gasteiger partial charge in [0.1, 0.15) is 0 Å². The summed E-state index contributed by atoms with van der Waals surface area (Å²) in [4.78, 5) is 0. The number of rotatable bonds is 4. The SMILES string of the molecule is CC(C)(C)c1cc(-c2c3c(c(-c4cc(C(C)(C)C)cc(C(C)(C)C)c4)c4cc5ccccc5cc24)C2=CC=C4c5c(c(-c6cc7ccccc7c7ccccc67)c6ccccc6c5-c5cc6ccccc6c6ccccc56)C5=CC=C3C2C54)cc(C(C)(C)C)c1. The van der Waals surface area contributed by atoms with Crippen molar-refractivity contribution in [2.24, 2.45) is 11.8 Å². The van der Waals surface area contributed by atoms with E-state index in [2.05, 4.69) is 314 Å². The second-order valence-electron chi connectivity index (χ2n) is 30.7. The standard InChI is InChI=1S/C90H76/c1-87(2,3)57-41-55(42-58(49-57)88(4,5)6)77-75-45-51-25-13-14-26-52(51)46-76(75)78(56-43-59(89(7,8)9)50-60(44-56)90(10,11)12)84-70-38-40-72-82-71(39-37-69(81(70)82)83(77)84)85-79(73-47-53-27-15-17-29-61(53)63-31-19-21-33-65(63)73)67-35-23-24-36-68(67)80(86(72)85)74-48-54-28-16-18-30-62(54)64-32-20-22-34-66(64)74/h13-50,81-82H,1-12H3. The summed E-state index contributed by atoms with van der Waals surface area (Å²) in [7, 11) is 0. The van der Waals surface area contributed by atoms with Crippen LogP contribution in [0.3, 0.4) is 0 Å². The number of benzene rings is 13. The number of fused-ring (bicyclic) bond motifs is 15. The lowest BCUT2D eigenvalue weighted by Gasteiger charge is -2.31. The van der Waals surface area contributed by atoms with Gasteiger partial charge in [-0.2, -0.15) is 0 Å². The minimum Gasteiger partial charge on any atom is -0.0616 e. The third-order valence-corrected chi connectivity index (χ3v) is 21.1. The molecule has 0 heterocycles. The van der Waals surface area contributed by atoms with Crippen LogP contribution < -0.4 is 0 Å². The summed E-state index contributed by atoms with van der Waals surface area (Å²) in [5.41, 5.74) is 26.8. The number of allylic oxidation sites excluding steroid dienone is 8. The van der Waals surface area contributed by atoms with Gasteiger partial charge in [-0.05, 0) is 233 Å². The molecular weight excluding hydrogens is 1080 g/mol. The molecular formula is C90H76. The third kappa shape index (κ3) is 8.05. The highest BCUT2D eigenvalue weighted by atomic mass is 14.5. The molecule has 0 aromatic heterocycles. The molecule has 0 saturated carbocycles. The van der Waals surface area contributed by atoms with E-state index in [-0.39, 0.29) is 33.5 Å². The lowest BCUT2D eigenvalue weighted by atomic mass is 9.71. The zero-order valence-electron chi connectivity index (χ0n) is 54.1. The van der Waals surface area contributed by atoms with E-state index in [1.807, 2.05) is 0 Å². The maximum Gasteiger partial charge on any atom is 0.0212 e. The molecule has 0 atom stereocenters. The maximum atomic E-state index is 2.61. The topological polar surface area (TPSA) is 0 Å². The van der Waals surface area contributed by atoms with Crippen molar-refractivity contribution in [2.45, 2.75) is 105 Å². The molecule has 0 unspecified atom stereocenters. The molecule has 13 aromatic rings. The fraction of sp³-hybridized carbons (Fsp3) is 0.200. The Morgan fingerprint density at radius 2 is 0.478 bits per heavy atom. The average molecular weight is 1160 g/mol. The summed E-state index contributed by atoms with van der Waals surface area (Å²) >= 11 is 0. The quantitative estimate of drug-likeness (QED) is 0.122. The van der Waals surface area contributed by atoms with Crippen molar-refractivity contribution in [3.05, 3.63) is 275 Å².